The lowest BCUT2D eigenvalue weighted by molar-refractivity contribution is -0.141. The van der Waals surface area contributed by atoms with Gasteiger partial charge in [-0.25, -0.2) is 8.78 Å². The Morgan fingerprint density at radius 2 is 2.17 bits per heavy atom. The van der Waals surface area contributed by atoms with Gasteiger partial charge in [-0.3, -0.25) is 9.59 Å². The molecule has 0 saturated carbocycles. The molecule has 0 aliphatic carbocycles. The van der Waals surface area contributed by atoms with Gasteiger partial charge in [0.05, 0.1) is 18.7 Å². The molecule has 2 rings (SSSR count). The molecule has 0 bridgehead atoms. The van der Waals surface area contributed by atoms with Crippen LogP contribution in [0.4, 0.5) is 8.78 Å². The van der Waals surface area contributed by atoms with Crippen LogP contribution in [-0.2, 0) is 9.53 Å². The van der Waals surface area contributed by atoms with E-state index in [0.717, 1.165) is 12.1 Å². The van der Waals surface area contributed by atoms with Crippen molar-refractivity contribution in [2.24, 2.45) is 0 Å². The van der Waals surface area contributed by atoms with E-state index >= 15 is 0 Å². The Bertz CT molecular complexity index is 490. The lowest BCUT2D eigenvalue weighted by atomic mass is 10.1. The first-order chi connectivity index (χ1) is 8.58. The summed E-state index contributed by atoms with van der Waals surface area (Å²) >= 11 is 0. The van der Waals surface area contributed by atoms with E-state index < -0.39 is 17.4 Å². The van der Waals surface area contributed by atoms with Gasteiger partial charge in [-0.05, 0) is 12.1 Å². The molecular formula is C12H11F2NO3. The Kier molecular flexibility index (Phi) is 3.66. The van der Waals surface area contributed by atoms with Crippen LogP contribution in [0.25, 0.3) is 0 Å². The van der Waals surface area contributed by atoms with Crippen LogP contribution < -0.4 is 0 Å². The van der Waals surface area contributed by atoms with Crippen LogP contribution >= 0.6 is 0 Å². The number of hydrogen-bond acceptors (Lipinski definition) is 3. The maximum Gasteiger partial charge on any atom is 0.249 e. The molecule has 0 N–H and O–H groups in total. The van der Waals surface area contributed by atoms with E-state index in [-0.39, 0.29) is 24.6 Å². The number of ketones is 1. The average molecular weight is 255 g/mol. The third kappa shape index (κ3) is 2.70. The first-order valence-electron chi connectivity index (χ1n) is 5.41. The maximum atomic E-state index is 13.4. The van der Waals surface area contributed by atoms with E-state index in [9.17, 15) is 18.4 Å². The van der Waals surface area contributed by atoms with Crippen molar-refractivity contribution in [2.75, 3.05) is 26.3 Å². The molecule has 0 aromatic heterocycles. The summed E-state index contributed by atoms with van der Waals surface area (Å²) in [7, 11) is 0. The van der Waals surface area contributed by atoms with Crippen molar-refractivity contribution in [3.05, 3.63) is 35.4 Å². The monoisotopic (exact) mass is 255 g/mol. The number of benzene rings is 1. The van der Waals surface area contributed by atoms with Crippen molar-refractivity contribution in [3.8, 4) is 0 Å². The zero-order valence-electron chi connectivity index (χ0n) is 9.49. The number of carbonyl (C=O) groups is 2. The number of carbonyl (C=O) groups excluding carboxylic acids is 2. The quantitative estimate of drug-likeness (QED) is 0.757. The number of nitrogens with zero attached hydrogens (tertiary/aromatic N) is 1. The zero-order chi connectivity index (χ0) is 13.1. The third-order valence-corrected chi connectivity index (χ3v) is 2.65. The van der Waals surface area contributed by atoms with E-state index in [1.165, 1.54) is 4.90 Å². The highest BCUT2D eigenvalue weighted by Gasteiger charge is 2.22. The predicted octanol–water partition coefficient (Wildman–Crippen LogP) is 1.01. The lowest BCUT2D eigenvalue weighted by Crippen LogP contribution is -2.44. The van der Waals surface area contributed by atoms with Crippen molar-refractivity contribution < 1.29 is 23.1 Å². The molecule has 0 atom stereocenters. The van der Waals surface area contributed by atoms with Crippen LogP contribution in [0.3, 0.4) is 0 Å². The van der Waals surface area contributed by atoms with Gasteiger partial charge in [0.1, 0.15) is 18.2 Å². The van der Waals surface area contributed by atoms with Gasteiger partial charge in [-0.2, -0.15) is 0 Å². The van der Waals surface area contributed by atoms with Crippen LogP contribution in [0.5, 0.6) is 0 Å². The van der Waals surface area contributed by atoms with Gasteiger partial charge in [0.15, 0.2) is 5.78 Å². The highest BCUT2D eigenvalue weighted by Crippen LogP contribution is 2.11. The second-order valence-corrected chi connectivity index (χ2v) is 3.92. The Labute approximate surface area is 102 Å². The summed E-state index contributed by atoms with van der Waals surface area (Å²) < 4.78 is 31.0. The van der Waals surface area contributed by atoms with Crippen LogP contribution in [0.1, 0.15) is 10.4 Å². The molecule has 1 aromatic carbocycles. The summed E-state index contributed by atoms with van der Waals surface area (Å²) in [5, 5.41) is 0. The highest BCUT2D eigenvalue weighted by atomic mass is 19.1. The lowest BCUT2D eigenvalue weighted by Gasteiger charge is -2.26. The molecule has 1 aliphatic heterocycles. The van der Waals surface area contributed by atoms with Gasteiger partial charge in [0.2, 0.25) is 5.91 Å². The van der Waals surface area contributed by atoms with E-state index in [0.29, 0.717) is 19.2 Å². The van der Waals surface area contributed by atoms with Gasteiger partial charge < -0.3 is 9.64 Å². The minimum absolute atomic E-state index is 0.0703. The molecule has 18 heavy (non-hydrogen) atoms. The minimum atomic E-state index is -0.916. The SMILES string of the molecule is O=C(CN1CCOCC1=O)c1ccc(F)cc1F. The van der Waals surface area contributed by atoms with Gasteiger partial charge in [0.25, 0.3) is 0 Å². The molecular weight excluding hydrogens is 244 g/mol. The molecule has 96 valence electrons. The molecule has 1 saturated heterocycles. The predicted molar refractivity (Wildman–Crippen MR) is 58.1 cm³/mol. The second-order valence-electron chi connectivity index (χ2n) is 3.92. The molecule has 0 unspecified atom stereocenters. The summed E-state index contributed by atoms with van der Waals surface area (Å²) in [5.41, 5.74) is -0.212. The zero-order valence-corrected chi connectivity index (χ0v) is 9.49. The van der Waals surface area contributed by atoms with Crippen LogP contribution in [0.2, 0.25) is 0 Å². The molecule has 4 nitrogen and oxygen atoms in total. The van der Waals surface area contributed by atoms with Gasteiger partial charge in [-0.15, -0.1) is 0 Å². The number of halogens is 2. The largest absolute Gasteiger partial charge is 0.370 e. The van der Waals surface area contributed by atoms with Crippen molar-refractivity contribution in [1.29, 1.82) is 0 Å². The number of morpholine rings is 1. The molecule has 1 amide bonds. The maximum absolute atomic E-state index is 13.4. The number of rotatable bonds is 3. The Morgan fingerprint density at radius 3 is 2.83 bits per heavy atom. The fraction of sp³-hybridized carbons (Fsp3) is 0.333. The fourth-order valence-electron chi connectivity index (χ4n) is 1.69. The van der Waals surface area contributed by atoms with Crippen LogP contribution in [0, 0.1) is 11.6 Å². The van der Waals surface area contributed by atoms with Gasteiger partial charge in [0, 0.05) is 12.6 Å². The normalized spacial score (nSPS) is 15.9. The topological polar surface area (TPSA) is 46.6 Å². The molecule has 6 heteroatoms. The van der Waals surface area contributed by atoms with E-state index in [4.69, 9.17) is 4.74 Å². The van der Waals surface area contributed by atoms with Gasteiger partial charge in [-0.1, -0.05) is 0 Å². The third-order valence-electron chi connectivity index (χ3n) is 2.65. The summed E-state index contributed by atoms with van der Waals surface area (Å²) in [5.74, 6) is -2.52. The summed E-state index contributed by atoms with van der Waals surface area (Å²) in [6.07, 6.45) is 0. The first-order valence-corrected chi connectivity index (χ1v) is 5.41. The molecule has 0 spiro atoms. The van der Waals surface area contributed by atoms with E-state index in [1.54, 1.807) is 0 Å². The molecule has 1 aromatic rings. The van der Waals surface area contributed by atoms with Crippen LogP contribution in [0.15, 0.2) is 18.2 Å². The minimum Gasteiger partial charge on any atom is -0.370 e. The summed E-state index contributed by atoms with van der Waals surface area (Å²) in [6.45, 7) is 0.363. The summed E-state index contributed by atoms with van der Waals surface area (Å²) in [6, 6.07) is 2.74. The second kappa shape index (κ2) is 5.22. The average Bonchev–Trinajstić information content (AvgIpc) is 2.32. The standard InChI is InChI=1S/C12H11F2NO3/c13-8-1-2-9(10(14)5-8)11(16)6-15-3-4-18-7-12(15)17/h1-2,5H,3-4,6-7H2. The van der Waals surface area contributed by atoms with Gasteiger partial charge >= 0.3 is 0 Å². The van der Waals surface area contributed by atoms with Crippen LogP contribution in [-0.4, -0.2) is 42.9 Å². The highest BCUT2D eigenvalue weighted by molar-refractivity contribution is 5.99. The van der Waals surface area contributed by atoms with E-state index in [2.05, 4.69) is 0 Å². The van der Waals surface area contributed by atoms with Crippen molar-refractivity contribution in [3.63, 3.8) is 0 Å². The number of amides is 1. The fourth-order valence-corrected chi connectivity index (χ4v) is 1.69. The Morgan fingerprint density at radius 1 is 1.39 bits per heavy atom. The smallest absolute Gasteiger partial charge is 0.249 e. The number of hydrogen-bond donors (Lipinski definition) is 0. The molecule has 1 aliphatic rings. The van der Waals surface area contributed by atoms with Crippen molar-refractivity contribution in [1.82, 2.24) is 4.90 Å². The van der Waals surface area contributed by atoms with E-state index in [1.807, 2.05) is 0 Å². The molecule has 0 radical (unpaired) electrons. The number of ether oxygens (including phenoxy) is 1. The Balaban J connectivity index is 2.09. The molecule has 1 fully saturated rings. The van der Waals surface area contributed by atoms with Crippen molar-refractivity contribution in [2.45, 2.75) is 0 Å². The van der Waals surface area contributed by atoms with Crippen molar-refractivity contribution >= 4 is 11.7 Å². The molecule has 1 heterocycles. The number of Topliss-reactive ketones (excluding diaryl/α,β-unsaturated/α-hetero) is 1. The Hall–Kier alpha value is -1.82. The summed E-state index contributed by atoms with van der Waals surface area (Å²) in [4.78, 5) is 24.5. The first kappa shape index (κ1) is 12.6.